The zero-order valence-electron chi connectivity index (χ0n) is 9.19. The second-order valence-corrected chi connectivity index (χ2v) is 4.81. The van der Waals surface area contributed by atoms with Crippen molar-refractivity contribution < 1.29 is 0 Å². The van der Waals surface area contributed by atoms with Crippen molar-refractivity contribution in [2.75, 3.05) is 11.5 Å². The van der Waals surface area contributed by atoms with E-state index in [1.165, 1.54) is 56.5 Å². The van der Waals surface area contributed by atoms with Crippen LogP contribution in [-0.4, -0.2) is 11.5 Å². The van der Waals surface area contributed by atoms with Gasteiger partial charge >= 0.3 is 0 Å². The van der Waals surface area contributed by atoms with E-state index in [4.69, 9.17) is 0 Å². The zero-order valence-corrected chi connectivity index (χ0v) is 10.0. The molecule has 0 spiro atoms. The maximum Gasteiger partial charge on any atom is -0.00675 e. The van der Waals surface area contributed by atoms with Crippen LogP contribution in [0.2, 0.25) is 0 Å². The van der Waals surface area contributed by atoms with Crippen molar-refractivity contribution in [3.05, 3.63) is 6.92 Å². The topological polar surface area (TPSA) is 0 Å². The summed E-state index contributed by atoms with van der Waals surface area (Å²) >= 11 is 2.06. The molecule has 0 amide bonds. The number of rotatable bonds is 10. The Balaban J connectivity index is 2.76. The SMILES string of the molecule is [CH2]CCSCCCCCCCCC. The summed E-state index contributed by atoms with van der Waals surface area (Å²) in [5.74, 6) is 2.60. The first-order valence-electron chi connectivity index (χ1n) is 5.78. The highest BCUT2D eigenvalue weighted by molar-refractivity contribution is 7.99. The fourth-order valence-electron chi connectivity index (χ4n) is 1.37. The van der Waals surface area contributed by atoms with Crippen molar-refractivity contribution in [2.24, 2.45) is 0 Å². The van der Waals surface area contributed by atoms with Crippen molar-refractivity contribution in [3.63, 3.8) is 0 Å². The molecule has 0 aromatic carbocycles. The van der Waals surface area contributed by atoms with Gasteiger partial charge in [-0.1, -0.05) is 52.4 Å². The Hall–Kier alpha value is 0.350. The molecule has 0 unspecified atom stereocenters. The third-order valence-corrected chi connectivity index (χ3v) is 3.34. The molecule has 0 bridgehead atoms. The second-order valence-electron chi connectivity index (χ2n) is 3.59. The van der Waals surface area contributed by atoms with Crippen LogP contribution in [0, 0.1) is 6.92 Å². The highest BCUT2D eigenvalue weighted by atomic mass is 32.2. The predicted molar refractivity (Wildman–Crippen MR) is 65.3 cm³/mol. The summed E-state index contributed by atoms with van der Waals surface area (Å²) in [6.07, 6.45) is 11.1. The van der Waals surface area contributed by atoms with E-state index in [1.54, 1.807) is 0 Å². The van der Waals surface area contributed by atoms with Crippen molar-refractivity contribution in [2.45, 2.75) is 58.3 Å². The average molecular weight is 201 g/mol. The first kappa shape index (κ1) is 13.4. The largest absolute Gasteiger partial charge is 0.162 e. The molecule has 0 aromatic rings. The van der Waals surface area contributed by atoms with Gasteiger partial charge in [-0.3, -0.25) is 0 Å². The fourth-order valence-corrected chi connectivity index (χ4v) is 2.18. The molecule has 0 aliphatic heterocycles. The van der Waals surface area contributed by atoms with E-state index in [0.29, 0.717) is 0 Å². The Kier molecular flexibility index (Phi) is 12.7. The molecular formula is C12H25S. The molecule has 0 nitrogen and oxygen atoms in total. The highest BCUT2D eigenvalue weighted by Gasteiger charge is 1.91. The van der Waals surface area contributed by atoms with Gasteiger partial charge in [0.2, 0.25) is 0 Å². The maximum atomic E-state index is 3.83. The van der Waals surface area contributed by atoms with Crippen LogP contribution in [0.15, 0.2) is 0 Å². The molecule has 0 aromatic heterocycles. The van der Waals surface area contributed by atoms with Gasteiger partial charge in [-0.15, -0.1) is 0 Å². The Bertz CT molecular complexity index is 71.2. The second kappa shape index (κ2) is 12.3. The Morgan fingerprint density at radius 2 is 1.46 bits per heavy atom. The van der Waals surface area contributed by atoms with Crippen LogP contribution in [0.3, 0.4) is 0 Å². The standard InChI is InChI=1S/C12H25S/c1-3-5-6-7-8-9-10-12-13-11-4-2/h2-12H2,1H3. The molecule has 0 atom stereocenters. The van der Waals surface area contributed by atoms with Gasteiger partial charge in [-0.2, -0.15) is 11.8 Å². The van der Waals surface area contributed by atoms with E-state index in [1.807, 2.05) is 0 Å². The highest BCUT2D eigenvalue weighted by Crippen LogP contribution is 2.10. The van der Waals surface area contributed by atoms with Crippen molar-refractivity contribution >= 4 is 11.8 Å². The molecule has 0 N–H and O–H groups in total. The number of thioether (sulfide) groups is 1. The van der Waals surface area contributed by atoms with E-state index >= 15 is 0 Å². The first-order valence-corrected chi connectivity index (χ1v) is 6.94. The van der Waals surface area contributed by atoms with Gasteiger partial charge in [0.15, 0.2) is 0 Å². The van der Waals surface area contributed by atoms with Crippen LogP contribution in [-0.2, 0) is 0 Å². The van der Waals surface area contributed by atoms with E-state index in [9.17, 15) is 0 Å². The summed E-state index contributed by atoms with van der Waals surface area (Å²) < 4.78 is 0. The van der Waals surface area contributed by atoms with Gasteiger partial charge in [0, 0.05) is 0 Å². The molecule has 1 heteroatoms. The fraction of sp³-hybridized carbons (Fsp3) is 0.917. The Morgan fingerprint density at radius 3 is 2.08 bits per heavy atom. The molecule has 79 valence electrons. The summed E-state index contributed by atoms with van der Waals surface area (Å²) in [6.45, 7) is 6.11. The Labute approximate surface area is 88.9 Å². The van der Waals surface area contributed by atoms with E-state index < -0.39 is 0 Å². The predicted octanol–water partition coefficient (Wildman–Crippen LogP) is 4.69. The van der Waals surface area contributed by atoms with E-state index in [-0.39, 0.29) is 0 Å². The van der Waals surface area contributed by atoms with Crippen LogP contribution in [0.1, 0.15) is 58.3 Å². The van der Waals surface area contributed by atoms with Gasteiger partial charge < -0.3 is 0 Å². The van der Waals surface area contributed by atoms with Gasteiger partial charge in [0.05, 0.1) is 0 Å². The van der Waals surface area contributed by atoms with E-state index in [2.05, 4.69) is 25.6 Å². The summed E-state index contributed by atoms with van der Waals surface area (Å²) in [6, 6.07) is 0. The molecule has 0 fully saturated rings. The van der Waals surface area contributed by atoms with Gasteiger partial charge in [-0.25, -0.2) is 0 Å². The molecule has 0 rings (SSSR count). The number of hydrogen-bond donors (Lipinski definition) is 0. The minimum absolute atomic E-state index is 1.08. The monoisotopic (exact) mass is 201 g/mol. The lowest BCUT2D eigenvalue weighted by molar-refractivity contribution is 0.603. The quantitative estimate of drug-likeness (QED) is 0.462. The third kappa shape index (κ3) is 12.4. The van der Waals surface area contributed by atoms with Crippen LogP contribution < -0.4 is 0 Å². The van der Waals surface area contributed by atoms with Gasteiger partial charge in [0.25, 0.3) is 0 Å². The van der Waals surface area contributed by atoms with Crippen molar-refractivity contribution in [1.82, 2.24) is 0 Å². The molecule has 13 heavy (non-hydrogen) atoms. The summed E-state index contributed by atoms with van der Waals surface area (Å²) in [5.41, 5.74) is 0. The zero-order chi connectivity index (χ0) is 9.78. The lowest BCUT2D eigenvalue weighted by Gasteiger charge is -2.00. The third-order valence-electron chi connectivity index (χ3n) is 2.18. The summed E-state index contributed by atoms with van der Waals surface area (Å²) in [5, 5.41) is 0. The van der Waals surface area contributed by atoms with E-state index in [0.717, 1.165) is 6.42 Å². The molecule has 1 radical (unpaired) electrons. The molecular weight excluding hydrogens is 176 g/mol. The molecule has 0 saturated heterocycles. The Morgan fingerprint density at radius 1 is 0.846 bits per heavy atom. The molecule has 0 heterocycles. The minimum atomic E-state index is 1.08. The lowest BCUT2D eigenvalue weighted by atomic mass is 10.1. The first-order chi connectivity index (χ1) is 6.41. The number of hydrogen-bond acceptors (Lipinski definition) is 1. The minimum Gasteiger partial charge on any atom is -0.162 e. The van der Waals surface area contributed by atoms with Crippen LogP contribution in [0.25, 0.3) is 0 Å². The van der Waals surface area contributed by atoms with Crippen molar-refractivity contribution in [1.29, 1.82) is 0 Å². The van der Waals surface area contributed by atoms with Gasteiger partial charge in [0.1, 0.15) is 0 Å². The summed E-state index contributed by atoms with van der Waals surface area (Å²) in [7, 11) is 0. The average Bonchev–Trinajstić information content (AvgIpc) is 2.16. The smallest absolute Gasteiger partial charge is 0.00675 e. The lowest BCUT2D eigenvalue weighted by Crippen LogP contribution is -1.84. The van der Waals surface area contributed by atoms with Crippen LogP contribution in [0.5, 0.6) is 0 Å². The van der Waals surface area contributed by atoms with Gasteiger partial charge in [-0.05, 0) is 24.3 Å². The molecule has 0 aliphatic carbocycles. The summed E-state index contributed by atoms with van der Waals surface area (Å²) in [4.78, 5) is 0. The maximum absolute atomic E-state index is 3.83. The molecule has 0 aliphatic rings. The van der Waals surface area contributed by atoms with Crippen LogP contribution >= 0.6 is 11.8 Å². The molecule has 0 saturated carbocycles. The normalized spacial score (nSPS) is 10.6. The number of unbranched alkanes of at least 4 members (excludes halogenated alkanes) is 6. The van der Waals surface area contributed by atoms with Crippen molar-refractivity contribution in [3.8, 4) is 0 Å². The van der Waals surface area contributed by atoms with Crippen LogP contribution in [0.4, 0.5) is 0 Å².